The van der Waals surface area contributed by atoms with E-state index in [0.717, 1.165) is 16.4 Å². The largest absolute Gasteiger partial charge is 0.309 e. The van der Waals surface area contributed by atoms with Gasteiger partial charge in [0.15, 0.2) is 5.82 Å². The maximum absolute atomic E-state index is 11.9. The topological polar surface area (TPSA) is 72.7 Å². The third kappa shape index (κ3) is 3.32. The molecule has 1 N–H and O–H groups in total. The number of pyridine rings is 1. The summed E-state index contributed by atoms with van der Waals surface area (Å²) in [5, 5.41) is 9.53. The van der Waals surface area contributed by atoms with Crippen LogP contribution in [0.25, 0.3) is 10.7 Å². The van der Waals surface area contributed by atoms with Gasteiger partial charge >= 0.3 is 0 Å². The number of thiazole rings is 1. The van der Waals surface area contributed by atoms with Crippen molar-refractivity contribution in [1.82, 2.24) is 19.7 Å². The number of carbonyl (C=O) groups is 1. The molecule has 0 saturated heterocycles. The standard InChI is InChI=1S/C14H13N5OS/c1-19-7-5-12(18-19)17-13(20)8-10-9-21-14(16-10)11-4-2-3-6-15-11/h2-7,9H,8H2,1H3,(H,17,18,20). The summed E-state index contributed by atoms with van der Waals surface area (Å²) < 4.78 is 1.64. The van der Waals surface area contributed by atoms with Crippen LogP contribution in [0.4, 0.5) is 5.82 Å². The van der Waals surface area contributed by atoms with Crippen LogP contribution in [-0.2, 0) is 18.3 Å². The Hall–Kier alpha value is -2.54. The quantitative estimate of drug-likeness (QED) is 0.801. The van der Waals surface area contributed by atoms with Crippen LogP contribution in [0.1, 0.15) is 5.69 Å². The predicted molar refractivity (Wildman–Crippen MR) is 80.9 cm³/mol. The van der Waals surface area contributed by atoms with E-state index in [0.29, 0.717) is 5.82 Å². The number of carbonyl (C=O) groups excluding carboxylic acids is 1. The zero-order chi connectivity index (χ0) is 14.7. The summed E-state index contributed by atoms with van der Waals surface area (Å²) in [6.07, 6.45) is 3.72. The molecule has 0 spiro atoms. The molecule has 0 bridgehead atoms. The third-order valence-corrected chi connectivity index (χ3v) is 3.67. The fourth-order valence-corrected chi connectivity index (χ4v) is 2.62. The number of anilines is 1. The van der Waals surface area contributed by atoms with E-state index >= 15 is 0 Å². The monoisotopic (exact) mass is 299 g/mol. The van der Waals surface area contributed by atoms with Crippen LogP contribution < -0.4 is 5.32 Å². The second-order valence-electron chi connectivity index (χ2n) is 4.46. The fraction of sp³-hybridized carbons (Fsp3) is 0.143. The van der Waals surface area contributed by atoms with E-state index in [1.807, 2.05) is 23.6 Å². The Kier molecular flexibility index (Phi) is 3.74. The molecule has 0 aliphatic carbocycles. The molecule has 0 unspecified atom stereocenters. The molecule has 6 nitrogen and oxygen atoms in total. The average Bonchev–Trinajstić information content (AvgIpc) is 3.09. The van der Waals surface area contributed by atoms with Crippen molar-refractivity contribution in [3.05, 3.63) is 47.7 Å². The van der Waals surface area contributed by atoms with Gasteiger partial charge < -0.3 is 5.32 Å². The number of amides is 1. The summed E-state index contributed by atoms with van der Waals surface area (Å²) in [7, 11) is 1.80. The first kappa shape index (κ1) is 13.4. The number of nitrogens with one attached hydrogen (secondary N) is 1. The predicted octanol–water partition coefficient (Wildman–Crippen LogP) is 2.12. The highest BCUT2D eigenvalue weighted by molar-refractivity contribution is 7.13. The Bertz CT molecular complexity index is 750. The zero-order valence-corrected chi connectivity index (χ0v) is 12.2. The van der Waals surface area contributed by atoms with Crippen molar-refractivity contribution in [2.45, 2.75) is 6.42 Å². The van der Waals surface area contributed by atoms with Crippen molar-refractivity contribution in [2.75, 3.05) is 5.32 Å². The van der Waals surface area contributed by atoms with Crippen LogP contribution in [0.3, 0.4) is 0 Å². The number of hydrogen-bond donors (Lipinski definition) is 1. The molecular weight excluding hydrogens is 286 g/mol. The summed E-state index contributed by atoms with van der Waals surface area (Å²) in [5.74, 6) is 0.411. The Balaban J connectivity index is 1.66. The SMILES string of the molecule is Cn1ccc(NC(=O)Cc2csc(-c3ccccn3)n2)n1. The molecular formula is C14H13N5OS. The molecule has 3 heterocycles. The zero-order valence-electron chi connectivity index (χ0n) is 11.4. The lowest BCUT2D eigenvalue weighted by Gasteiger charge is -1.99. The summed E-state index contributed by atoms with van der Waals surface area (Å²) in [6.45, 7) is 0. The first-order valence-corrected chi connectivity index (χ1v) is 7.24. The van der Waals surface area contributed by atoms with Gasteiger partial charge in [0.25, 0.3) is 0 Å². The second-order valence-corrected chi connectivity index (χ2v) is 5.32. The van der Waals surface area contributed by atoms with Gasteiger partial charge in [-0.25, -0.2) is 4.98 Å². The van der Waals surface area contributed by atoms with Crippen molar-refractivity contribution >= 4 is 23.1 Å². The van der Waals surface area contributed by atoms with Crippen molar-refractivity contribution in [3.8, 4) is 10.7 Å². The lowest BCUT2D eigenvalue weighted by Crippen LogP contribution is -2.15. The van der Waals surface area contributed by atoms with Crippen LogP contribution >= 0.6 is 11.3 Å². The number of aromatic nitrogens is 4. The fourth-order valence-electron chi connectivity index (χ4n) is 1.83. The van der Waals surface area contributed by atoms with Gasteiger partial charge in [-0.15, -0.1) is 11.3 Å². The molecule has 3 rings (SSSR count). The summed E-state index contributed by atoms with van der Waals surface area (Å²) >= 11 is 1.48. The lowest BCUT2D eigenvalue weighted by atomic mass is 10.3. The number of hydrogen-bond acceptors (Lipinski definition) is 5. The highest BCUT2D eigenvalue weighted by Crippen LogP contribution is 2.21. The minimum absolute atomic E-state index is 0.133. The summed E-state index contributed by atoms with van der Waals surface area (Å²) in [4.78, 5) is 20.6. The molecule has 0 atom stereocenters. The number of rotatable bonds is 4. The first-order chi connectivity index (χ1) is 10.2. The van der Waals surface area contributed by atoms with Gasteiger partial charge in [0, 0.05) is 30.9 Å². The van der Waals surface area contributed by atoms with Gasteiger partial charge in [-0.2, -0.15) is 5.10 Å². The Morgan fingerprint density at radius 1 is 1.38 bits per heavy atom. The van der Waals surface area contributed by atoms with Gasteiger partial charge in [0.2, 0.25) is 5.91 Å². The summed E-state index contributed by atoms with van der Waals surface area (Å²) in [5.41, 5.74) is 1.55. The highest BCUT2D eigenvalue weighted by atomic mass is 32.1. The summed E-state index contributed by atoms with van der Waals surface area (Å²) in [6, 6.07) is 7.42. The van der Waals surface area contributed by atoms with Gasteiger partial charge in [-0.05, 0) is 12.1 Å². The Labute approximate surface area is 125 Å². The lowest BCUT2D eigenvalue weighted by molar-refractivity contribution is -0.115. The maximum atomic E-state index is 11.9. The van der Waals surface area contributed by atoms with Gasteiger partial charge in [-0.3, -0.25) is 14.5 Å². The molecule has 0 fully saturated rings. The van der Waals surface area contributed by atoms with E-state index in [-0.39, 0.29) is 12.3 Å². The maximum Gasteiger partial charge on any atom is 0.231 e. The van der Waals surface area contributed by atoms with Crippen LogP contribution in [0.5, 0.6) is 0 Å². The smallest absolute Gasteiger partial charge is 0.231 e. The van der Waals surface area contributed by atoms with Crippen LogP contribution in [0.2, 0.25) is 0 Å². The van der Waals surface area contributed by atoms with Gasteiger partial charge in [0.05, 0.1) is 17.8 Å². The molecule has 3 aromatic heterocycles. The third-order valence-electron chi connectivity index (χ3n) is 2.76. The van der Waals surface area contributed by atoms with E-state index in [1.165, 1.54) is 11.3 Å². The molecule has 21 heavy (non-hydrogen) atoms. The molecule has 0 aromatic carbocycles. The molecule has 0 aliphatic rings. The minimum atomic E-state index is -0.133. The Morgan fingerprint density at radius 2 is 2.29 bits per heavy atom. The number of aryl methyl sites for hydroxylation is 1. The van der Waals surface area contributed by atoms with E-state index in [1.54, 1.807) is 30.2 Å². The normalized spacial score (nSPS) is 10.5. The van der Waals surface area contributed by atoms with E-state index in [4.69, 9.17) is 0 Å². The molecule has 0 radical (unpaired) electrons. The van der Waals surface area contributed by atoms with E-state index < -0.39 is 0 Å². The van der Waals surface area contributed by atoms with Crippen LogP contribution in [0, 0.1) is 0 Å². The van der Waals surface area contributed by atoms with E-state index in [9.17, 15) is 4.79 Å². The minimum Gasteiger partial charge on any atom is -0.309 e. The molecule has 0 aliphatic heterocycles. The van der Waals surface area contributed by atoms with Crippen LogP contribution in [-0.4, -0.2) is 25.7 Å². The number of nitrogens with zero attached hydrogens (tertiary/aromatic N) is 4. The molecule has 0 saturated carbocycles. The first-order valence-electron chi connectivity index (χ1n) is 6.36. The van der Waals surface area contributed by atoms with Crippen LogP contribution in [0.15, 0.2) is 42.0 Å². The van der Waals surface area contributed by atoms with Gasteiger partial charge in [0.1, 0.15) is 5.01 Å². The molecule has 106 valence electrons. The van der Waals surface area contributed by atoms with Crippen molar-refractivity contribution in [2.24, 2.45) is 7.05 Å². The Morgan fingerprint density at radius 3 is 3.00 bits per heavy atom. The average molecular weight is 299 g/mol. The van der Waals surface area contributed by atoms with E-state index in [2.05, 4.69) is 20.4 Å². The van der Waals surface area contributed by atoms with Crippen molar-refractivity contribution < 1.29 is 4.79 Å². The second kappa shape index (κ2) is 5.84. The van der Waals surface area contributed by atoms with Gasteiger partial charge in [-0.1, -0.05) is 6.07 Å². The van der Waals surface area contributed by atoms with Crippen molar-refractivity contribution in [3.63, 3.8) is 0 Å². The molecule has 1 amide bonds. The van der Waals surface area contributed by atoms with Crippen molar-refractivity contribution in [1.29, 1.82) is 0 Å². The highest BCUT2D eigenvalue weighted by Gasteiger charge is 2.10. The molecule has 7 heteroatoms. The molecule has 3 aromatic rings.